The van der Waals surface area contributed by atoms with E-state index in [2.05, 4.69) is 15.5 Å². The molecule has 1 heterocycles. The van der Waals surface area contributed by atoms with E-state index < -0.39 is 9.84 Å². The van der Waals surface area contributed by atoms with Crippen LogP contribution in [0.3, 0.4) is 0 Å². The van der Waals surface area contributed by atoms with E-state index in [4.69, 9.17) is 4.42 Å². The van der Waals surface area contributed by atoms with Gasteiger partial charge in [-0.05, 0) is 36.4 Å². The molecule has 0 atom stereocenters. The van der Waals surface area contributed by atoms with E-state index in [9.17, 15) is 17.6 Å². The zero-order valence-electron chi connectivity index (χ0n) is 14.5. The fourth-order valence-corrected chi connectivity index (χ4v) is 4.16. The molecule has 0 aliphatic rings. The lowest BCUT2D eigenvalue weighted by atomic mass is 10.4. The first kappa shape index (κ1) is 20.0. The van der Waals surface area contributed by atoms with Crippen molar-refractivity contribution < 1.29 is 22.0 Å². The summed E-state index contributed by atoms with van der Waals surface area (Å²) in [5, 5.41) is 9.89. The number of nitrogens with one attached hydrogen (secondary N) is 1. The summed E-state index contributed by atoms with van der Waals surface area (Å²) in [7, 11) is -3.46. The van der Waals surface area contributed by atoms with Crippen LogP contribution in [0.2, 0.25) is 0 Å². The number of sulfone groups is 1. The summed E-state index contributed by atoms with van der Waals surface area (Å²) >= 11 is 1.23. The average Bonchev–Trinajstić information content (AvgIpc) is 3.14. The molecule has 2 aromatic carbocycles. The normalized spacial score (nSPS) is 11.3. The molecule has 0 fully saturated rings. The van der Waals surface area contributed by atoms with Gasteiger partial charge in [-0.2, -0.15) is 0 Å². The highest BCUT2D eigenvalue weighted by atomic mass is 32.2. The first-order chi connectivity index (χ1) is 13.4. The van der Waals surface area contributed by atoms with Crippen molar-refractivity contribution in [1.82, 2.24) is 10.2 Å². The third-order valence-corrected chi connectivity index (χ3v) is 6.33. The summed E-state index contributed by atoms with van der Waals surface area (Å²) in [5.41, 5.74) is 0. The molecule has 1 aromatic heterocycles. The number of thioether (sulfide) groups is 1. The smallest absolute Gasteiger partial charge is 0.322 e. The van der Waals surface area contributed by atoms with Gasteiger partial charge in [-0.3, -0.25) is 10.1 Å². The van der Waals surface area contributed by atoms with Crippen LogP contribution in [-0.2, 0) is 21.1 Å². The van der Waals surface area contributed by atoms with E-state index in [1.807, 2.05) is 0 Å². The van der Waals surface area contributed by atoms with Crippen molar-refractivity contribution >= 4 is 33.5 Å². The van der Waals surface area contributed by atoms with Crippen LogP contribution in [0.15, 0.2) is 68.8 Å². The maximum Gasteiger partial charge on any atom is 0.322 e. The molecule has 28 heavy (non-hydrogen) atoms. The molecule has 10 heteroatoms. The lowest BCUT2D eigenvalue weighted by Crippen LogP contribution is -2.14. The molecule has 0 unspecified atom stereocenters. The van der Waals surface area contributed by atoms with Crippen molar-refractivity contribution in [1.29, 1.82) is 0 Å². The molecule has 0 radical (unpaired) electrons. The summed E-state index contributed by atoms with van der Waals surface area (Å²) in [6, 6.07) is 13.8. The van der Waals surface area contributed by atoms with Crippen molar-refractivity contribution in [3.63, 3.8) is 0 Å². The zero-order chi connectivity index (χ0) is 20.0. The van der Waals surface area contributed by atoms with Gasteiger partial charge < -0.3 is 4.42 Å². The molecule has 3 aromatic rings. The maximum atomic E-state index is 12.9. The Kier molecular flexibility index (Phi) is 6.42. The Bertz CT molecular complexity index is 1040. The molecule has 7 nitrogen and oxygen atoms in total. The number of halogens is 1. The number of amides is 1. The first-order valence-electron chi connectivity index (χ1n) is 8.21. The molecule has 146 valence electrons. The molecule has 0 bridgehead atoms. The first-order valence-corrected chi connectivity index (χ1v) is 10.8. The molecular weight excluding hydrogens is 405 g/mol. The SMILES string of the molecule is O=C(CSc1ccc(F)cc1)Nc1nnc(CCS(=O)(=O)c2ccccc2)o1. The topological polar surface area (TPSA) is 102 Å². The average molecular weight is 421 g/mol. The predicted octanol–water partition coefficient (Wildman–Crippen LogP) is 2.96. The van der Waals surface area contributed by atoms with Crippen molar-refractivity contribution in [2.75, 3.05) is 16.8 Å². The van der Waals surface area contributed by atoms with Gasteiger partial charge in [0.15, 0.2) is 9.84 Å². The Labute approximate surface area is 165 Å². The number of aryl methyl sites for hydroxylation is 1. The predicted molar refractivity (Wildman–Crippen MR) is 102 cm³/mol. The lowest BCUT2D eigenvalue weighted by Gasteiger charge is -2.02. The number of nitrogens with zero attached hydrogens (tertiary/aromatic N) is 2. The molecule has 0 spiro atoms. The molecular formula is C18H16FN3O4S2. The molecule has 0 saturated heterocycles. The van der Waals surface area contributed by atoms with Gasteiger partial charge in [-0.1, -0.05) is 23.3 Å². The third-order valence-electron chi connectivity index (χ3n) is 3.58. The third kappa shape index (κ3) is 5.64. The van der Waals surface area contributed by atoms with Crippen LogP contribution < -0.4 is 5.32 Å². The van der Waals surface area contributed by atoms with E-state index in [1.54, 1.807) is 30.3 Å². The number of anilines is 1. The standard InChI is InChI=1S/C18H16FN3O4S2/c19-13-6-8-14(9-7-13)27-12-16(23)20-18-22-21-17(26-18)10-11-28(24,25)15-4-2-1-3-5-15/h1-9H,10-12H2,(H,20,22,23). The number of aromatic nitrogens is 2. The Hall–Kier alpha value is -2.72. The number of hydrogen-bond donors (Lipinski definition) is 1. The summed E-state index contributed by atoms with van der Waals surface area (Å²) < 4.78 is 42.6. The van der Waals surface area contributed by atoms with Gasteiger partial charge >= 0.3 is 6.01 Å². The Morgan fingerprint density at radius 2 is 1.79 bits per heavy atom. The number of hydrogen-bond acceptors (Lipinski definition) is 7. The van der Waals surface area contributed by atoms with E-state index in [1.165, 1.54) is 36.0 Å². The van der Waals surface area contributed by atoms with Crippen LogP contribution in [0.4, 0.5) is 10.4 Å². The summed E-state index contributed by atoms with van der Waals surface area (Å²) in [5.74, 6) is -0.720. The van der Waals surface area contributed by atoms with Crippen LogP contribution in [-0.4, -0.2) is 36.0 Å². The maximum absolute atomic E-state index is 12.9. The van der Waals surface area contributed by atoms with Crippen LogP contribution in [0.25, 0.3) is 0 Å². The Morgan fingerprint density at radius 3 is 2.50 bits per heavy atom. The largest absolute Gasteiger partial charge is 0.408 e. The van der Waals surface area contributed by atoms with Gasteiger partial charge in [0.05, 0.1) is 16.4 Å². The van der Waals surface area contributed by atoms with Gasteiger partial charge in [0, 0.05) is 11.3 Å². The second kappa shape index (κ2) is 8.98. The second-order valence-electron chi connectivity index (χ2n) is 5.67. The fourth-order valence-electron chi connectivity index (χ4n) is 2.21. The minimum Gasteiger partial charge on any atom is -0.408 e. The second-order valence-corrected chi connectivity index (χ2v) is 8.83. The number of rotatable bonds is 8. The molecule has 0 aliphatic heterocycles. The highest BCUT2D eigenvalue weighted by Crippen LogP contribution is 2.18. The van der Waals surface area contributed by atoms with E-state index in [0.29, 0.717) is 0 Å². The molecule has 3 rings (SSSR count). The lowest BCUT2D eigenvalue weighted by molar-refractivity contribution is -0.113. The van der Waals surface area contributed by atoms with Crippen molar-refractivity contribution in [3.05, 3.63) is 66.3 Å². The van der Waals surface area contributed by atoms with Crippen molar-refractivity contribution in [2.24, 2.45) is 0 Å². The van der Waals surface area contributed by atoms with Crippen molar-refractivity contribution in [3.8, 4) is 0 Å². The minimum atomic E-state index is -3.46. The van der Waals surface area contributed by atoms with Crippen LogP contribution in [0.1, 0.15) is 5.89 Å². The Balaban J connectivity index is 1.49. The molecule has 1 N–H and O–H groups in total. The fraction of sp³-hybridized carbons (Fsp3) is 0.167. The highest BCUT2D eigenvalue weighted by Gasteiger charge is 2.17. The molecule has 1 amide bonds. The van der Waals surface area contributed by atoms with Gasteiger partial charge in [0.1, 0.15) is 5.82 Å². The molecule has 0 aliphatic carbocycles. The van der Waals surface area contributed by atoms with Crippen LogP contribution in [0, 0.1) is 5.82 Å². The van der Waals surface area contributed by atoms with E-state index in [0.717, 1.165) is 4.90 Å². The number of carbonyl (C=O) groups excluding carboxylic acids is 1. The number of benzene rings is 2. The van der Waals surface area contributed by atoms with Gasteiger partial charge in [0.2, 0.25) is 11.8 Å². The molecule has 0 saturated carbocycles. The van der Waals surface area contributed by atoms with E-state index in [-0.39, 0.29) is 46.5 Å². The summed E-state index contributed by atoms with van der Waals surface area (Å²) in [4.78, 5) is 12.9. The zero-order valence-corrected chi connectivity index (χ0v) is 16.2. The highest BCUT2D eigenvalue weighted by molar-refractivity contribution is 8.00. The van der Waals surface area contributed by atoms with Crippen LogP contribution >= 0.6 is 11.8 Å². The van der Waals surface area contributed by atoms with Crippen molar-refractivity contribution in [2.45, 2.75) is 16.2 Å². The van der Waals surface area contributed by atoms with Gasteiger partial charge in [0.25, 0.3) is 0 Å². The summed E-state index contributed by atoms with van der Waals surface area (Å²) in [6.45, 7) is 0. The van der Waals surface area contributed by atoms with E-state index >= 15 is 0 Å². The number of carbonyl (C=O) groups is 1. The summed E-state index contributed by atoms with van der Waals surface area (Å²) in [6.07, 6.45) is 0.0322. The van der Waals surface area contributed by atoms with Crippen LogP contribution in [0.5, 0.6) is 0 Å². The monoisotopic (exact) mass is 421 g/mol. The van der Waals surface area contributed by atoms with Gasteiger partial charge in [-0.15, -0.1) is 16.9 Å². The minimum absolute atomic E-state index is 0.0322. The Morgan fingerprint density at radius 1 is 1.07 bits per heavy atom. The van der Waals surface area contributed by atoms with Gasteiger partial charge in [-0.25, -0.2) is 12.8 Å². The quantitative estimate of drug-likeness (QED) is 0.558.